The highest BCUT2D eigenvalue weighted by molar-refractivity contribution is 6.31. The summed E-state index contributed by atoms with van der Waals surface area (Å²) in [6.07, 6.45) is 0. The summed E-state index contributed by atoms with van der Waals surface area (Å²) in [5, 5.41) is 4.31. The van der Waals surface area contributed by atoms with Gasteiger partial charge in [0.15, 0.2) is 0 Å². The van der Waals surface area contributed by atoms with E-state index in [1.807, 2.05) is 18.2 Å². The lowest BCUT2D eigenvalue weighted by atomic mass is 10.0. The van der Waals surface area contributed by atoms with E-state index in [4.69, 9.17) is 11.6 Å². The molecule has 1 N–H and O–H groups in total. The van der Waals surface area contributed by atoms with Crippen molar-refractivity contribution < 1.29 is 0 Å². The Kier molecular flexibility index (Phi) is 3.29. The van der Waals surface area contributed by atoms with Crippen molar-refractivity contribution in [2.75, 3.05) is 20.1 Å². The second kappa shape index (κ2) is 4.52. The molecule has 1 aromatic carbocycles. The van der Waals surface area contributed by atoms with Crippen LogP contribution in [0.1, 0.15) is 18.5 Å². The molecular weight excluding hydrogens is 208 g/mol. The number of rotatable bonds is 1. The summed E-state index contributed by atoms with van der Waals surface area (Å²) in [7, 11) is 2.17. The van der Waals surface area contributed by atoms with E-state index in [0.717, 1.165) is 18.1 Å². The van der Waals surface area contributed by atoms with E-state index in [-0.39, 0.29) is 0 Å². The Morgan fingerprint density at radius 3 is 2.80 bits per heavy atom. The zero-order chi connectivity index (χ0) is 10.8. The van der Waals surface area contributed by atoms with Gasteiger partial charge < -0.3 is 5.32 Å². The van der Waals surface area contributed by atoms with Crippen molar-refractivity contribution in [1.29, 1.82) is 0 Å². The molecule has 1 fully saturated rings. The zero-order valence-corrected chi connectivity index (χ0v) is 9.96. The van der Waals surface area contributed by atoms with Crippen LogP contribution in [-0.4, -0.2) is 31.1 Å². The molecule has 0 spiro atoms. The summed E-state index contributed by atoms with van der Waals surface area (Å²) in [4.78, 5) is 2.39. The molecule has 0 amide bonds. The Labute approximate surface area is 96.2 Å². The number of halogens is 1. The summed E-state index contributed by atoms with van der Waals surface area (Å²) in [5.41, 5.74) is 1.22. The van der Waals surface area contributed by atoms with Crippen LogP contribution in [0.3, 0.4) is 0 Å². The van der Waals surface area contributed by atoms with Crippen LogP contribution in [0.5, 0.6) is 0 Å². The molecule has 1 heterocycles. The van der Waals surface area contributed by atoms with Crippen LogP contribution in [-0.2, 0) is 0 Å². The molecule has 0 radical (unpaired) electrons. The molecule has 1 aromatic rings. The minimum absolute atomic E-state index is 0.391. The molecule has 0 bridgehead atoms. The summed E-state index contributed by atoms with van der Waals surface area (Å²) < 4.78 is 0. The minimum Gasteiger partial charge on any atom is -0.313 e. The van der Waals surface area contributed by atoms with Crippen LogP contribution in [0.15, 0.2) is 24.3 Å². The Morgan fingerprint density at radius 1 is 1.33 bits per heavy atom. The molecule has 15 heavy (non-hydrogen) atoms. The second-order valence-electron chi connectivity index (χ2n) is 4.21. The maximum atomic E-state index is 6.22. The van der Waals surface area contributed by atoms with Crippen LogP contribution >= 0.6 is 11.6 Å². The van der Waals surface area contributed by atoms with Crippen molar-refractivity contribution in [3.63, 3.8) is 0 Å². The van der Waals surface area contributed by atoms with E-state index < -0.39 is 0 Å². The number of piperazine rings is 1. The summed E-state index contributed by atoms with van der Waals surface area (Å²) in [6.45, 7) is 4.26. The lowest BCUT2D eigenvalue weighted by molar-refractivity contribution is 0.141. The van der Waals surface area contributed by atoms with E-state index in [1.165, 1.54) is 5.56 Å². The van der Waals surface area contributed by atoms with E-state index in [1.54, 1.807) is 0 Å². The number of likely N-dealkylation sites (N-methyl/N-ethyl adjacent to an activating group) is 1. The van der Waals surface area contributed by atoms with Crippen molar-refractivity contribution in [3.8, 4) is 0 Å². The fourth-order valence-electron chi connectivity index (χ4n) is 2.10. The molecule has 1 saturated heterocycles. The van der Waals surface area contributed by atoms with E-state index in [9.17, 15) is 0 Å². The topological polar surface area (TPSA) is 15.3 Å². The van der Waals surface area contributed by atoms with E-state index in [0.29, 0.717) is 12.1 Å². The lowest BCUT2D eigenvalue weighted by Gasteiger charge is -2.38. The van der Waals surface area contributed by atoms with Crippen LogP contribution in [0.4, 0.5) is 0 Å². The number of hydrogen-bond acceptors (Lipinski definition) is 2. The van der Waals surface area contributed by atoms with Gasteiger partial charge in [0.2, 0.25) is 0 Å². The van der Waals surface area contributed by atoms with Crippen LogP contribution < -0.4 is 5.32 Å². The smallest absolute Gasteiger partial charge is 0.0487 e. The molecule has 1 aliphatic heterocycles. The van der Waals surface area contributed by atoms with E-state index in [2.05, 4.69) is 30.3 Å². The van der Waals surface area contributed by atoms with Gasteiger partial charge in [-0.2, -0.15) is 0 Å². The summed E-state index contributed by atoms with van der Waals surface area (Å²) in [5.74, 6) is 0. The number of nitrogens with one attached hydrogen (secondary N) is 1. The molecule has 1 aliphatic rings. The summed E-state index contributed by atoms with van der Waals surface area (Å²) >= 11 is 6.22. The molecule has 82 valence electrons. The Hall–Kier alpha value is -0.570. The van der Waals surface area contributed by atoms with Crippen molar-refractivity contribution in [3.05, 3.63) is 34.9 Å². The lowest BCUT2D eigenvalue weighted by Crippen LogP contribution is -2.49. The molecular formula is C12H17ClN2. The van der Waals surface area contributed by atoms with Gasteiger partial charge in [0.25, 0.3) is 0 Å². The van der Waals surface area contributed by atoms with Gasteiger partial charge in [-0.15, -0.1) is 0 Å². The number of nitrogens with zero attached hydrogens (tertiary/aromatic N) is 1. The highest BCUT2D eigenvalue weighted by Gasteiger charge is 2.26. The maximum absolute atomic E-state index is 6.22. The Bertz CT molecular complexity index is 340. The van der Waals surface area contributed by atoms with Gasteiger partial charge in [-0.3, -0.25) is 4.90 Å². The molecule has 2 atom stereocenters. The van der Waals surface area contributed by atoms with Gasteiger partial charge in [-0.1, -0.05) is 29.8 Å². The van der Waals surface area contributed by atoms with Crippen molar-refractivity contribution in [1.82, 2.24) is 10.2 Å². The van der Waals surface area contributed by atoms with Gasteiger partial charge in [-0.05, 0) is 25.6 Å². The first-order valence-electron chi connectivity index (χ1n) is 5.37. The highest BCUT2D eigenvalue weighted by Crippen LogP contribution is 2.28. The fourth-order valence-corrected chi connectivity index (χ4v) is 2.36. The van der Waals surface area contributed by atoms with Crippen molar-refractivity contribution in [2.45, 2.75) is 19.0 Å². The van der Waals surface area contributed by atoms with Crippen LogP contribution in [0.25, 0.3) is 0 Å². The third-order valence-electron chi connectivity index (χ3n) is 3.23. The van der Waals surface area contributed by atoms with Gasteiger partial charge in [0.05, 0.1) is 0 Å². The molecule has 0 aliphatic carbocycles. The van der Waals surface area contributed by atoms with E-state index >= 15 is 0 Å². The first kappa shape index (κ1) is 10.9. The zero-order valence-electron chi connectivity index (χ0n) is 9.20. The molecule has 2 nitrogen and oxygen atoms in total. The third-order valence-corrected chi connectivity index (χ3v) is 3.57. The first-order valence-corrected chi connectivity index (χ1v) is 5.75. The van der Waals surface area contributed by atoms with Gasteiger partial charge in [0.1, 0.15) is 0 Å². The fraction of sp³-hybridized carbons (Fsp3) is 0.500. The van der Waals surface area contributed by atoms with Gasteiger partial charge in [0, 0.05) is 30.2 Å². The van der Waals surface area contributed by atoms with Crippen molar-refractivity contribution >= 4 is 11.6 Å². The predicted molar refractivity (Wildman–Crippen MR) is 64.3 cm³/mol. The molecule has 3 heteroatoms. The van der Waals surface area contributed by atoms with Crippen molar-refractivity contribution in [2.24, 2.45) is 0 Å². The molecule has 0 aromatic heterocycles. The standard InChI is InChI=1S/C12H17ClN2/c1-9-7-14-8-12(15(9)2)10-5-3-4-6-11(10)13/h3-6,9,12,14H,7-8H2,1-2H3. The average molecular weight is 225 g/mol. The molecule has 2 rings (SSSR count). The third kappa shape index (κ3) is 2.17. The predicted octanol–water partition coefficient (Wildman–Crippen LogP) is 2.30. The van der Waals surface area contributed by atoms with Gasteiger partial charge in [-0.25, -0.2) is 0 Å². The SMILES string of the molecule is CC1CNCC(c2ccccc2Cl)N1C. The minimum atomic E-state index is 0.391. The highest BCUT2D eigenvalue weighted by atomic mass is 35.5. The van der Waals surface area contributed by atoms with Crippen LogP contribution in [0.2, 0.25) is 5.02 Å². The number of benzene rings is 1. The monoisotopic (exact) mass is 224 g/mol. The summed E-state index contributed by atoms with van der Waals surface area (Å²) in [6, 6.07) is 9.05. The Balaban J connectivity index is 2.26. The maximum Gasteiger partial charge on any atom is 0.0487 e. The Morgan fingerprint density at radius 2 is 2.07 bits per heavy atom. The molecule has 0 saturated carbocycles. The molecule has 2 unspecified atom stereocenters. The average Bonchev–Trinajstić information content (AvgIpc) is 2.23. The number of hydrogen-bond donors (Lipinski definition) is 1. The van der Waals surface area contributed by atoms with Gasteiger partial charge >= 0.3 is 0 Å². The normalized spacial score (nSPS) is 27.9. The van der Waals surface area contributed by atoms with Crippen LogP contribution in [0, 0.1) is 0 Å². The quantitative estimate of drug-likeness (QED) is 0.788. The second-order valence-corrected chi connectivity index (χ2v) is 4.62. The largest absolute Gasteiger partial charge is 0.313 e. The first-order chi connectivity index (χ1) is 7.20.